The van der Waals surface area contributed by atoms with Crippen molar-refractivity contribution >= 4 is 18.2 Å². The van der Waals surface area contributed by atoms with E-state index in [0.29, 0.717) is 30.0 Å². The third-order valence-electron chi connectivity index (χ3n) is 7.04. The summed E-state index contributed by atoms with van der Waals surface area (Å²) in [4.78, 5) is 16.0. The Morgan fingerprint density at radius 2 is 1.26 bits per heavy atom. The van der Waals surface area contributed by atoms with E-state index in [1.165, 1.54) is 0 Å². The number of likely N-dealkylation sites (tertiary alicyclic amines) is 1. The number of hydrogen-bond donors (Lipinski definition) is 1. The van der Waals surface area contributed by atoms with Crippen molar-refractivity contribution in [3.63, 3.8) is 0 Å². The van der Waals surface area contributed by atoms with E-state index < -0.39 is 11.5 Å². The molecule has 5 nitrogen and oxygen atoms in total. The summed E-state index contributed by atoms with van der Waals surface area (Å²) < 4.78 is 11.8. The largest absolute Gasteiger partial charge is 0.457 e. The second-order valence-electron chi connectivity index (χ2n) is 9.36. The first-order valence-corrected chi connectivity index (χ1v) is 12.7. The molecule has 4 aromatic rings. The van der Waals surface area contributed by atoms with Crippen LogP contribution in [-0.4, -0.2) is 35.4 Å². The predicted octanol–water partition coefficient (Wildman–Crippen LogP) is 7.11. The zero-order valence-corrected chi connectivity index (χ0v) is 22.1. The Labute approximate surface area is 230 Å². The molecule has 1 aliphatic heterocycles. The highest BCUT2D eigenvalue weighted by Gasteiger charge is 2.46. The van der Waals surface area contributed by atoms with E-state index in [4.69, 9.17) is 9.47 Å². The number of ketones is 1. The van der Waals surface area contributed by atoms with E-state index in [-0.39, 0.29) is 18.2 Å². The highest BCUT2D eigenvalue weighted by atomic mass is 35.5. The quantitative estimate of drug-likeness (QED) is 0.246. The number of hydrogen-bond acceptors (Lipinski definition) is 5. The van der Waals surface area contributed by atoms with Gasteiger partial charge in [-0.15, -0.1) is 12.4 Å². The summed E-state index contributed by atoms with van der Waals surface area (Å²) in [5, 5.41) is 12.0. The standard InChI is InChI=1S/C32H31NO4.ClH/c1-2-33-22-21-32(35,25-15-19-29(20-16-25)37-27-11-7-4-8-12-27)30(23-33)31(34)24-13-17-28(18-14-24)36-26-9-5-3-6-10-26;/h3-20,30,35H,2,21-23H2,1H3;1H/t30-,32+;/m0./s1. The fourth-order valence-electron chi connectivity index (χ4n) is 4.89. The summed E-state index contributed by atoms with van der Waals surface area (Å²) in [6.45, 7) is 4.13. The van der Waals surface area contributed by atoms with Gasteiger partial charge in [0.2, 0.25) is 0 Å². The molecular weight excluding hydrogens is 498 g/mol. The molecule has 0 unspecified atom stereocenters. The van der Waals surface area contributed by atoms with Gasteiger partial charge in [-0.2, -0.15) is 0 Å². The third-order valence-corrected chi connectivity index (χ3v) is 7.04. The minimum Gasteiger partial charge on any atom is -0.457 e. The maximum atomic E-state index is 13.8. The normalized spacial score (nSPS) is 19.3. The van der Waals surface area contributed by atoms with Crippen LogP contribution in [0.5, 0.6) is 23.0 Å². The maximum Gasteiger partial charge on any atom is 0.170 e. The molecule has 0 saturated carbocycles. The molecule has 1 N–H and O–H groups in total. The Hall–Kier alpha value is -3.64. The summed E-state index contributed by atoms with van der Waals surface area (Å²) in [7, 11) is 0. The summed E-state index contributed by atoms with van der Waals surface area (Å²) >= 11 is 0. The SMILES string of the molecule is CCN1CC[C@@](O)(c2ccc(Oc3ccccc3)cc2)[C@H](C(=O)c2ccc(Oc3ccccc3)cc2)C1.Cl. The van der Waals surface area contributed by atoms with Crippen molar-refractivity contribution in [2.45, 2.75) is 18.9 Å². The number of piperidine rings is 1. The number of Topliss-reactive ketones (excluding diaryl/α,β-unsaturated/α-hetero) is 1. The highest BCUT2D eigenvalue weighted by molar-refractivity contribution is 5.99. The summed E-state index contributed by atoms with van der Waals surface area (Å²) in [5.41, 5.74) is 0.0182. The van der Waals surface area contributed by atoms with Crippen molar-refractivity contribution < 1.29 is 19.4 Å². The van der Waals surface area contributed by atoms with E-state index in [9.17, 15) is 9.90 Å². The Morgan fingerprint density at radius 1 is 0.789 bits per heavy atom. The number of para-hydroxylation sites is 2. The van der Waals surface area contributed by atoms with Crippen LogP contribution in [0.3, 0.4) is 0 Å². The van der Waals surface area contributed by atoms with Gasteiger partial charge in [0, 0.05) is 18.7 Å². The molecule has 1 aliphatic rings. The van der Waals surface area contributed by atoms with Crippen LogP contribution in [0, 0.1) is 5.92 Å². The van der Waals surface area contributed by atoms with Gasteiger partial charge in [-0.05, 0) is 79.2 Å². The first-order valence-electron chi connectivity index (χ1n) is 12.7. The van der Waals surface area contributed by atoms with Gasteiger partial charge in [0.25, 0.3) is 0 Å². The molecule has 0 radical (unpaired) electrons. The fourth-order valence-corrected chi connectivity index (χ4v) is 4.89. The molecule has 4 aromatic carbocycles. The first kappa shape index (κ1) is 27.4. The van der Waals surface area contributed by atoms with Crippen molar-refractivity contribution in [3.05, 3.63) is 120 Å². The van der Waals surface area contributed by atoms with E-state index >= 15 is 0 Å². The number of ether oxygens (including phenoxy) is 2. The van der Waals surface area contributed by atoms with E-state index in [0.717, 1.165) is 30.2 Å². The van der Waals surface area contributed by atoms with Gasteiger partial charge in [0.1, 0.15) is 28.6 Å². The highest BCUT2D eigenvalue weighted by Crippen LogP contribution is 2.40. The number of carbonyl (C=O) groups excluding carboxylic acids is 1. The summed E-state index contributed by atoms with van der Waals surface area (Å²) in [5.74, 6) is 2.16. The van der Waals surface area contributed by atoms with Crippen LogP contribution in [0.4, 0.5) is 0 Å². The van der Waals surface area contributed by atoms with Gasteiger partial charge in [0.05, 0.1) is 5.92 Å². The van der Waals surface area contributed by atoms with Gasteiger partial charge in [0.15, 0.2) is 5.78 Å². The Bertz CT molecular complexity index is 1310. The molecular formula is C32H32ClNO4. The average molecular weight is 530 g/mol. The number of carbonyl (C=O) groups is 1. The lowest BCUT2D eigenvalue weighted by Gasteiger charge is -2.44. The minimum atomic E-state index is -1.27. The van der Waals surface area contributed by atoms with Crippen molar-refractivity contribution in [1.29, 1.82) is 0 Å². The average Bonchev–Trinajstić information content (AvgIpc) is 2.95. The van der Waals surface area contributed by atoms with Crippen molar-refractivity contribution in [2.75, 3.05) is 19.6 Å². The van der Waals surface area contributed by atoms with Crippen molar-refractivity contribution in [3.8, 4) is 23.0 Å². The topological polar surface area (TPSA) is 59.0 Å². The lowest BCUT2D eigenvalue weighted by Crippen LogP contribution is -2.53. The number of halogens is 1. The molecule has 0 amide bonds. The Balaban J connectivity index is 0.00000336. The van der Waals surface area contributed by atoms with E-state index in [1.807, 2.05) is 84.9 Å². The number of aliphatic hydroxyl groups is 1. The zero-order valence-electron chi connectivity index (χ0n) is 21.3. The van der Waals surface area contributed by atoms with Gasteiger partial charge in [-0.1, -0.05) is 55.5 Å². The monoisotopic (exact) mass is 529 g/mol. The Morgan fingerprint density at radius 3 is 1.76 bits per heavy atom. The number of nitrogens with zero attached hydrogens (tertiary/aromatic N) is 1. The van der Waals surface area contributed by atoms with Gasteiger partial charge in [-0.25, -0.2) is 0 Å². The second kappa shape index (κ2) is 12.3. The molecule has 1 saturated heterocycles. The van der Waals surface area contributed by atoms with Crippen molar-refractivity contribution in [1.82, 2.24) is 4.90 Å². The van der Waals surface area contributed by atoms with Crippen LogP contribution >= 0.6 is 12.4 Å². The Kier molecular flexibility index (Phi) is 8.85. The maximum absolute atomic E-state index is 13.8. The van der Waals surface area contributed by atoms with Crippen LogP contribution in [0.25, 0.3) is 0 Å². The van der Waals surface area contributed by atoms with Crippen LogP contribution in [-0.2, 0) is 5.60 Å². The minimum absolute atomic E-state index is 0. The second-order valence-corrected chi connectivity index (χ2v) is 9.36. The molecule has 38 heavy (non-hydrogen) atoms. The lowest BCUT2D eigenvalue weighted by atomic mass is 9.72. The molecule has 196 valence electrons. The molecule has 6 heteroatoms. The van der Waals surface area contributed by atoms with Crippen LogP contribution in [0.1, 0.15) is 29.3 Å². The smallest absolute Gasteiger partial charge is 0.170 e. The van der Waals surface area contributed by atoms with Gasteiger partial charge < -0.3 is 19.5 Å². The number of benzene rings is 4. The molecule has 5 rings (SSSR count). The predicted molar refractivity (Wildman–Crippen MR) is 152 cm³/mol. The molecule has 0 spiro atoms. The van der Waals surface area contributed by atoms with Gasteiger partial charge in [-0.3, -0.25) is 4.79 Å². The summed E-state index contributed by atoms with van der Waals surface area (Å²) in [6, 6.07) is 33.7. The molecule has 2 atom stereocenters. The first-order chi connectivity index (χ1) is 18.0. The van der Waals surface area contributed by atoms with E-state index in [2.05, 4.69) is 11.8 Å². The van der Waals surface area contributed by atoms with Crippen molar-refractivity contribution in [2.24, 2.45) is 5.92 Å². The van der Waals surface area contributed by atoms with E-state index in [1.54, 1.807) is 24.3 Å². The number of rotatable bonds is 8. The van der Waals surface area contributed by atoms with Crippen LogP contribution in [0.15, 0.2) is 109 Å². The van der Waals surface area contributed by atoms with Crippen LogP contribution in [0.2, 0.25) is 0 Å². The molecule has 1 fully saturated rings. The van der Waals surface area contributed by atoms with Gasteiger partial charge >= 0.3 is 0 Å². The van der Waals surface area contributed by atoms with Crippen LogP contribution < -0.4 is 9.47 Å². The fraction of sp³-hybridized carbons (Fsp3) is 0.219. The zero-order chi connectivity index (χ0) is 25.7. The molecule has 0 bridgehead atoms. The molecule has 0 aliphatic carbocycles. The molecule has 0 aromatic heterocycles. The lowest BCUT2D eigenvalue weighted by molar-refractivity contribution is -0.0632. The third kappa shape index (κ3) is 6.08. The summed E-state index contributed by atoms with van der Waals surface area (Å²) in [6.07, 6.45) is 0.478. The molecule has 1 heterocycles.